The first-order valence-electron chi connectivity index (χ1n) is 9.90. The highest BCUT2D eigenvalue weighted by atomic mass is 35.5. The zero-order valence-corrected chi connectivity index (χ0v) is 19.7. The summed E-state index contributed by atoms with van der Waals surface area (Å²) in [5, 5.41) is -0.300. The molecule has 0 atom stereocenters. The van der Waals surface area contributed by atoms with Crippen LogP contribution < -0.4 is 4.90 Å². The van der Waals surface area contributed by atoms with E-state index in [0.29, 0.717) is 16.7 Å². The molecule has 0 N–H and O–H groups in total. The van der Waals surface area contributed by atoms with Gasteiger partial charge in [-0.1, -0.05) is 29.8 Å². The molecule has 0 spiro atoms. The summed E-state index contributed by atoms with van der Waals surface area (Å²) in [7, 11) is 0. The summed E-state index contributed by atoms with van der Waals surface area (Å²) in [5.41, 5.74) is -0.240. The maximum atomic E-state index is 14.9. The molecule has 34 heavy (non-hydrogen) atoms. The van der Waals surface area contributed by atoms with Crippen LogP contribution in [0.5, 0.6) is 0 Å². The summed E-state index contributed by atoms with van der Waals surface area (Å²) in [6.45, 7) is 2.51. The lowest BCUT2D eigenvalue weighted by Gasteiger charge is -2.24. The molecule has 0 aromatic heterocycles. The second-order valence-corrected chi connectivity index (χ2v) is 8.05. The summed E-state index contributed by atoms with van der Waals surface area (Å²) in [5.74, 6) is -5.68. The third-order valence-corrected chi connectivity index (χ3v) is 5.77. The average molecular weight is 522 g/mol. The van der Waals surface area contributed by atoms with Crippen molar-refractivity contribution in [1.82, 2.24) is 0 Å². The van der Waals surface area contributed by atoms with Gasteiger partial charge >= 0.3 is 24.0 Å². The van der Waals surface area contributed by atoms with Crippen LogP contribution in [0.2, 0.25) is 5.02 Å². The molecule has 0 fully saturated rings. The molecule has 1 amide bonds. The molecule has 0 bridgehead atoms. The predicted molar refractivity (Wildman–Crippen MR) is 118 cm³/mol. The molecule has 12 heteroatoms. The average Bonchev–Trinajstić information content (AvgIpc) is 2.76. The molecule has 0 heterocycles. The van der Waals surface area contributed by atoms with Crippen molar-refractivity contribution in [3.8, 4) is 0 Å². The zero-order chi connectivity index (χ0) is 25.5. The van der Waals surface area contributed by atoms with Crippen molar-refractivity contribution in [2.24, 2.45) is 0 Å². The van der Waals surface area contributed by atoms with Gasteiger partial charge in [0.1, 0.15) is 5.82 Å². The molecule has 0 saturated carbocycles. The van der Waals surface area contributed by atoms with E-state index in [2.05, 4.69) is 0 Å². The van der Waals surface area contributed by atoms with E-state index in [1.807, 2.05) is 0 Å². The van der Waals surface area contributed by atoms with Crippen LogP contribution in [0.3, 0.4) is 0 Å². The number of amides is 1. The van der Waals surface area contributed by atoms with E-state index in [4.69, 9.17) is 21.1 Å². The van der Waals surface area contributed by atoms with E-state index in [9.17, 15) is 31.9 Å². The number of benzene rings is 2. The number of alkyl halides is 3. The number of halogens is 5. The monoisotopic (exact) mass is 521 g/mol. The minimum atomic E-state index is -4.53. The fourth-order valence-electron chi connectivity index (χ4n) is 2.80. The number of hydrogen-bond donors (Lipinski definition) is 0. The minimum Gasteiger partial charge on any atom is -0.462 e. The molecular weight excluding hydrogens is 502 g/mol. The minimum absolute atomic E-state index is 0.0621. The Hall–Kier alpha value is -2.79. The van der Waals surface area contributed by atoms with Crippen LogP contribution in [-0.2, 0) is 25.6 Å². The quantitative estimate of drug-likeness (QED) is 0.200. The molecule has 0 saturated heterocycles. The lowest BCUT2D eigenvalue weighted by Crippen LogP contribution is -2.38. The first-order chi connectivity index (χ1) is 16.0. The molecule has 0 aliphatic heterocycles. The summed E-state index contributed by atoms with van der Waals surface area (Å²) in [6.07, 6.45) is -4.53. The SMILES string of the molecule is CCOC(=O)C(=O)N(Cc1ccccc1C(=O)OCC)c1cc(SCC(F)(F)F)c(Cl)cc1F. The van der Waals surface area contributed by atoms with Gasteiger partial charge in [-0.2, -0.15) is 13.2 Å². The van der Waals surface area contributed by atoms with Gasteiger partial charge in [0.25, 0.3) is 0 Å². The third-order valence-electron chi connectivity index (χ3n) is 4.22. The van der Waals surface area contributed by atoms with Gasteiger partial charge in [-0.25, -0.2) is 14.0 Å². The number of nitrogens with zero attached hydrogens (tertiary/aromatic N) is 1. The Morgan fingerprint density at radius 3 is 2.32 bits per heavy atom. The fourth-order valence-corrected chi connectivity index (χ4v) is 3.83. The molecule has 0 aliphatic rings. The Morgan fingerprint density at radius 1 is 1.06 bits per heavy atom. The van der Waals surface area contributed by atoms with Crippen LogP contribution >= 0.6 is 23.4 Å². The van der Waals surface area contributed by atoms with Crippen molar-refractivity contribution in [2.75, 3.05) is 23.9 Å². The van der Waals surface area contributed by atoms with Crippen molar-refractivity contribution < 1.29 is 41.4 Å². The van der Waals surface area contributed by atoms with Crippen LogP contribution in [0.15, 0.2) is 41.3 Å². The number of hydrogen-bond acceptors (Lipinski definition) is 6. The number of rotatable bonds is 8. The molecule has 2 aromatic carbocycles. The number of anilines is 1. The smallest absolute Gasteiger partial charge is 0.398 e. The third kappa shape index (κ3) is 7.36. The second-order valence-electron chi connectivity index (χ2n) is 6.63. The maximum absolute atomic E-state index is 14.9. The number of ether oxygens (including phenoxy) is 2. The topological polar surface area (TPSA) is 72.9 Å². The number of esters is 2. The van der Waals surface area contributed by atoms with Crippen molar-refractivity contribution in [2.45, 2.75) is 31.5 Å². The van der Waals surface area contributed by atoms with Crippen molar-refractivity contribution in [1.29, 1.82) is 0 Å². The Labute approximate surface area is 202 Å². The number of carbonyl (C=O) groups is 3. The predicted octanol–water partition coefficient (Wildman–Crippen LogP) is 5.41. The number of carbonyl (C=O) groups excluding carboxylic acids is 3. The van der Waals surface area contributed by atoms with Gasteiger partial charge in [-0.15, -0.1) is 11.8 Å². The molecule has 0 unspecified atom stereocenters. The highest BCUT2D eigenvalue weighted by Crippen LogP contribution is 2.37. The molecule has 0 aliphatic carbocycles. The highest BCUT2D eigenvalue weighted by molar-refractivity contribution is 7.99. The van der Waals surface area contributed by atoms with Gasteiger partial charge in [0.2, 0.25) is 0 Å². The molecule has 6 nitrogen and oxygen atoms in total. The van der Waals surface area contributed by atoms with Crippen LogP contribution in [0, 0.1) is 5.82 Å². The van der Waals surface area contributed by atoms with E-state index in [-0.39, 0.29) is 34.3 Å². The molecular formula is C22H20ClF4NO5S. The largest absolute Gasteiger partial charge is 0.462 e. The number of thioether (sulfide) groups is 1. The van der Waals surface area contributed by atoms with Gasteiger partial charge in [0.15, 0.2) is 0 Å². The van der Waals surface area contributed by atoms with E-state index in [0.717, 1.165) is 12.1 Å². The van der Waals surface area contributed by atoms with Crippen LogP contribution in [0.25, 0.3) is 0 Å². The van der Waals surface area contributed by atoms with Gasteiger partial charge in [-0.3, -0.25) is 9.69 Å². The molecule has 2 rings (SSSR count). The molecule has 0 radical (unpaired) electrons. The normalized spacial score (nSPS) is 11.1. The van der Waals surface area contributed by atoms with E-state index >= 15 is 0 Å². The second kappa shape index (κ2) is 12.1. The van der Waals surface area contributed by atoms with Crippen molar-refractivity contribution in [3.63, 3.8) is 0 Å². The van der Waals surface area contributed by atoms with Crippen molar-refractivity contribution >= 4 is 46.9 Å². The summed E-state index contributed by atoms with van der Waals surface area (Å²) < 4.78 is 62.7. The van der Waals surface area contributed by atoms with Crippen LogP contribution in [0.1, 0.15) is 29.8 Å². The first-order valence-corrected chi connectivity index (χ1v) is 11.3. The Kier molecular flexibility index (Phi) is 9.75. The van der Waals surface area contributed by atoms with Crippen molar-refractivity contribution in [3.05, 3.63) is 58.4 Å². The van der Waals surface area contributed by atoms with E-state index < -0.39 is 47.8 Å². The van der Waals surface area contributed by atoms with E-state index in [1.165, 1.54) is 19.1 Å². The summed E-state index contributed by atoms with van der Waals surface area (Å²) in [4.78, 5) is 37.9. The lowest BCUT2D eigenvalue weighted by molar-refractivity contribution is -0.153. The first kappa shape index (κ1) is 27.5. The Morgan fingerprint density at radius 2 is 1.71 bits per heavy atom. The van der Waals surface area contributed by atoms with Crippen LogP contribution in [0.4, 0.5) is 23.2 Å². The van der Waals surface area contributed by atoms with Gasteiger partial charge < -0.3 is 9.47 Å². The zero-order valence-electron chi connectivity index (χ0n) is 18.1. The summed E-state index contributed by atoms with van der Waals surface area (Å²) in [6, 6.07) is 7.67. The standard InChI is InChI=1S/C22H20ClF4NO5S/c1-3-32-20(30)14-8-6-5-7-13(14)11-28(19(29)21(31)33-4-2)17-10-18(15(23)9-16(17)24)34-12-22(25,26)27/h5-10H,3-4,11-12H2,1-2H3. The van der Waals surface area contributed by atoms with Gasteiger partial charge in [-0.05, 0) is 37.6 Å². The van der Waals surface area contributed by atoms with Gasteiger partial charge in [0, 0.05) is 4.90 Å². The molecule has 184 valence electrons. The molecule has 2 aromatic rings. The Balaban J connectivity index is 2.56. The van der Waals surface area contributed by atoms with Crippen LogP contribution in [-0.4, -0.2) is 43.0 Å². The van der Waals surface area contributed by atoms with Gasteiger partial charge in [0.05, 0.1) is 41.8 Å². The Bertz CT molecular complexity index is 1060. The van der Waals surface area contributed by atoms with E-state index in [1.54, 1.807) is 19.1 Å². The maximum Gasteiger partial charge on any atom is 0.398 e. The summed E-state index contributed by atoms with van der Waals surface area (Å²) >= 11 is 6.20. The highest BCUT2D eigenvalue weighted by Gasteiger charge is 2.31. The fraction of sp³-hybridized carbons (Fsp3) is 0.318. The lowest BCUT2D eigenvalue weighted by atomic mass is 10.1.